The summed E-state index contributed by atoms with van der Waals surface area (Å²) in [6.45, 7) is 0.744. The van der Waals surface area contributed by atoms with Gasteiger partial charge in [-0.1, -0.05) is 36.4 Å². The van der Waals surface area contributed by atoms with Crippen LogP contribution in [0, 0.1) is 11.3 Å². The number of nitriles is 1. The van der Waals surface area contributed by atoms with E-state index in [4.69, 9.17) is 0 Å². The molecule has 3 aromatic carbocycles. The van der Waals surface area contributed by atoms with Gasteiger partial charge in [-0.25, -0.2) is 13.4 Å². The number of allylic oxidation sites excluding steroid dienone is 1. The van der Waals surface area contributed by atoms with Gasteiger partial charge < -0.3 is 9.67 Å². The molecular weight excluding hydrogens is 448 g/mol. The van der Waals surface area contributed by atoms with Crippen molar-refractivity contribution in [1.29, 1.82) is 5.26 Å². The van der Waals surface area contributed by atoms with Crippen LogP contribution in [0.1, 0.15) is 22.5 Å². The van der Waals surface area contributed by atoms with E-state index in [2.05, 4.69) is 4.98 Å². The van der Waals surface area contributed by atoms with Crippen molar-refractivity contribution in [2.24, 2.45) is 7.05 Å². The summed E-state index contributed by atoms with van der Waals surface area (Å²) in [4.78, 5) is 4.63. The van der Waals surface area contributed by atoms with E-state index >= 15 is 0 Å². The molecule has 0 unspecified atom stereocenters. The van der Waals surface area contributed by atoms with Crippen LogP contribution in [0.3, 0.4) is 0 Å². The molecule has 0 amide bonds. The van der Waals surface area contributed by atoms with E-state index in [1.807, 2.05) is 54.6 Å². The number of benzene rings is 3. The van der Waals surface area contributed by atoms with Crippen LogP contribution in [-0.4, -0.2) is 33.9 Å². The molecule has 4 aromatic rings. The first-order valence-corrected chi connectivity index (χ1v) is 12.3. The normalized spacial score (nSPS) is 14.9. The van der Waals surface area contributed by atoms with Gasteiger partial charge in [-0.05, 0) is 53.9 Å². The Morgan fingerprint density at radius 2 is 1.68 bits per heavy atom. The standard InChI is InChI=1S/C26H22N4O3S/c1-29-24-9-5-4-8-23(24)28-26(29)22(16-27)25(31)19-10-12-21(13-11-19)34(32,33)30-15-14-18-6-2-3-7-20(18)17-30/h2-13,31H,14-15,17H2,1H3. The van der Waals surface area contributed by atoms with Crippen LogP contribution in [0.2, 0.25) is 0 Å². The molecule has 1 aromatic heterocycles. The second kappa shape index (κ2) is 8.45. The second-order valence-corrected chi connectivity index (χ2v) is 10.1. The van der Waals surface area contributed by atoms with Crippen molar-refractivity contribution >= 4 is 32.4 Å². The van der Waals surface area contributed by atoms with Gasteiger partial charge in [0.05, 0.1) is 15.9 Å². The monoisotopic (exact) mass is 470 g/mol. The van der Waals surface area contributed by atoms with Crippen molar-refractivity contribution in [3.05, 3.63) is 95.3 Å². The zero-order valence-electron chi connectivity index (χ0n) is 18.5. The predicted octanol–water partition coefficient (Wildman–Crippen LogP) is 4.27. The summed E-state index contributed by atoms with van der Waals surface area (Å²) in [6.07, 6.45) is 0.667. The van der Waals surface area contributed by atoms with E-state index in [1.165, 1.54) is 34.1 Å². The molecule has 2 heterocycles. The Balaban J connectivity index is 1.47. The minimum Gasteiger partial charge on any atom is -0.506 e. The smallest absolute Gasteiger partial charge is 0.243 e. The number of para-hydroxylation sites is 2. The molecule has 0 bridgehead atoms. The third-order valence-corrected chi connectivity index (χ3v) is 8.08. The molecule has 0 aliphatic carbocycles. The van der Waals surface area contributed by atoms with Crippen LogP contribution in [-0.2, 0) is 30.0 Å². The van der Waals surface area contributed by atoms with Gasteiger partial charge in [0.1, 0.15) is 17.4 Å². The van der Waals surface area contributed by atoms with E-state index in [9.17, 15) is 18.8 Å². The van der Waals surface area contributed by atoms with Crippen molar-refractivity contribution in [3.63, 3.8) is 0 Å². The van der Waals surface area contributed by atoms with Crippen LogP contribution in [0.15, 0.2) is 77.7 Å². The fraction of sp³-hybridized carbons (Fsp3) is 0.154. The van der Waals surface area contributed by atoms with E-state index in [0.717, 1.165) is 11.1 Å². The summed E-state index contributed by atoms with van der Waals surface area (Å²) in [7, 11) is -1.92. The average Bonchev–Trinajstić information content (AvgIpc) is 3.20. The first-order valence-electron chi connectivity index (χ1n) is 10.8. The fourth-order valence-corrected chi connectivity index (χ4v) is 5.75. The number of fused-ring (bicyclic) bond motifs is 2. The molecule has 1 N–H and O–H groups in total. The van der Waals surface area contributed by atoms with Gasteiger partial charge in [0.2, 0.25) is 10.0 Å². The minimum absolute atomic E-state index is 0.0157. The van der Waals surface area contributed by atoms with Gasteiger partial charge in [-0.3, -0.25) is 0 Å². The van der Waals surface area contributed by atoms with E-state index in [1.54, 1.807) is 11.6 Å². The van der Waals surface area contributed by atoms with Gasteiger partial charge in [-0.2, -0.15) is 9.57 Å². The molecule has 0 saturated carbocycles. The number of nitrogens with zero attached hydrogens (tertiary/aromatic N) is 4. The van der Waals surface area contributed by atoms with Crippen molar-refractivity contribution < 1.29 is 13.5 Å². The highest BCUT2D eigenvalue weighted by atomic mass is 32.2. The van der Waals surface area contributed by atoms with Gasteiger partial charge in [-0.15, -0.1) is 0 Å². The number of aromatic nitrogens is 2. The Hall–Kier alpha value is -3.93. The molecular formula is C26H22N4O3S. The second-order valence-electron chi connectivity index (χ2n) is 8.20. The predicted molar refractivity (Wildman–Crippen MR) is 130 cm³/mol. The fourth-order valence-electron chi connectivity index (χ4n) is 4.33. The molecule has 0 saturated heterocycles. The lowest BCUT2D eigenvalue weighted by Gasteiger charge is -2.28. The molecule has 0 radical (unpaired) electrons. The first kappa shape index (κ1) is 21.9. The Morgan fingerprint density at radius 3 is 2.38 bits per heavy atom. The first-order chi connectivity index (χ1) is 16.4. The number of sulfonamides is 1. The molecule has 8 heteroatoms. The van der Waals surface area contributed by atoms with Crippen LogP contribution in [0.5, 0.6) is 0 Å². The number of aliphatic hydroxyl groups excluding tert-OH is 1. The van der Waals surface area contributed by atoms with Crippen LogP contribution < -0.4 is 0 Å². The van der Waals surface area contributed by atoms with Crippen molar-refractivity contribution in [2.45, 2.75) is 17.9 Å². The van der Waals surface area contributed by atoms with Gasteiger partial charge in [0.25, 0.3) is 0 Å². The number of aliphatic hydroxyl groups is 1. The SMILES string of the molecule is Cn1c(C(C#N)=C(O)c2ccc(S(=O)(=O)N3CCc4ccccc4C3)cc2)nc2ccccc21. The minimum atomic E-state index is -3.70. The maximum atomic E-state index is 13.2. The summed E-state index contributed by atoms with van der Waals surface area (Å²) in [5.74, 6) is 0.0848. The number of hydrogen-bond donors (Lipinski definition) is 1. The van der Waals surface area contributed by atoms with E-state index in [-0.39, 0.29) is 16.2 Å². The third-order valence-electron chi connectivity index (χ3n) is 6.22. The summed E-state index contributed by atoms with van der Waals surface area (Å²) in [6, 6.07) is 23.3. The molecule has 7 nitrogen and oxygen atoms in total. The molecule has 0 atom stereocenters. The maximum absolute atomic E-state index is 13.2. The average molecular weight is 471 g/mol. The summed E-state index contributed by atoms with van der Waals surface area (Å²) in [5, 5.41) is 20.7. The molecule has 0 fully saturated rings. The Labute approximate surface area is 197 Å². The zero-order valence-corrected chi connectivity index (χ0v) is 19.3. The number of hydrogen-bond acceptors (Lipinski definition) is 5. The lowest BCUT2D eigenvalue weighted by Crippen LogP contribution is -2.35. The lowest BCUT2D eigenvalue weighted by atomic mass is 10.0. The number of rotatable bonds is 4. The molecule has 34 heavy (non-hydrogen) atoms. The van der Waals surface area contributed by atoms with Crippen LogP contribution in [0.25, 0.3) is 22.4 Å². The quantitative estimate of drug-likeness (QED) is 0.355. The van der Waals surface area contributed by atoms with Gasteiger partial charge in [0, 0.05) is 25.7 Å². The Morgan fingerprint density at radius 1 is 1.00 bits per heavy atom. The number of imidazole rings is 1. The molecule has 0 spiro atoms. The topological polar surface area (TPSA) is 99.2 Å². The van der Waals surface area contributed by atoms with E-state index < -0.39 is 10.0 Å². The molecule has 5 rings (SSSR count). The zero-order chi connectivity index (χ0) is 23.9. The van der Waals surface area contributed by atoms with E-state index in [0.29, 0.717) is 36.4 Å². The Kier molecular flexibility index (Phi) is 5.44. The highest BCUT2D eigenvalue weighted by Gasteiger charge is 2.28. The van der Waals surface area contributed by atoms with Gasteiger partial charge >= 0.3 is 0 Å². The van der Waals surface area contributed by atoms with Crippen LogP contribution >= 0.6 is 0 Å². The van der Waals surface area contributed by atoms with Crippen molar-refractivity contribution in [3.8, 4) is 6.07 Å². The largest absolute Gasteiger partial charge is 0.506 e. The molecule has 170 valence electrons. The lowest BCUT2D eigenvalue weighted by molar-refractivity contribution is 0.391. The molecule has 1 aliphatic heterocycles. The highest BCUT2D eigenvalue weighted by molar-refractivity contribution is 7.89. The van der Waals surface area contributed by atoms with Crippen molar-refractivity contribution in [1.82, 2.24) is 13.9 Å². The van der Waals surface area contributed by atoms with Crippen LogP contribution in [0.4, 0.5) is 0 Å². The summed E-state index contributed by atoms with van der Waals surface area (Å²) >= 11 is 0. The summed E-state index contributed by atoms with van der Waals surface area (Å²) in [5.41, 5.74) is 4.09. The van der Waals surface area contributed by atoms with Crippen molar-refractivity contribution in [2.75, 3.05) is 6.54 Å². The summed E-state index contributed by atoms with van der Waals surface area (Å²) < 4.78 is 29.7. The Bertz CT molecular complexity index is 1580. The highest BCUT2D eigenvalue weighted by Crippen LogP contribution is 2.29. The maximum Gasteiger partial charge on any atom is 0.243 e. The third kappa shape index (κ3) is 3.65. The molecule has 1 aliphatic rings. The number of aryl methyl sites for hydroxylation is 1. The van der Waals surface area contributed by atoms with Gasteiger partial charge in [0.15, 0.2) is 5.82 Å².